The summed E-state index contributed by atoms with van der Waals surface area (Å²) in [6, 6.07) is -1.31. The van der Waals surface area contributed by atoms with Crippen molar-refractivity contribution in [2.45, 2.75) is 52.1 Å². The average molecular weight is 216 g/mol. The molecule has 5 heteroatoms. The Balaban J connectivity index is 4.08. The molecule has 0 radical (unpaired) electrons. The quantitative estimate of drug-likeness (QED) is 0.649. The van der Waals surface area contributed by atoms with Gasteiger partial charge in [0.05, 0.1) is 0 Å². The lowest BCUT2D eigenvalue weighted by Gasteiger charge is -2.26. The smallest absolute Gasteiger partial charge is 0.325 e. The zero-order valence-corrected chi connectivity index (χ0v) is 9.76. The molecule has 5 nitrogen and oxygen atoms in total. The van der Waals surface area contributed by atoms with Crippen LogP contribution in [0, 0.1) is 0 Å². The van der Waals surface area contributed by atoms with Crippen LogP contribution in [-0.4, -0.2) is 28.7 Å². The van der Waals surface area contributed by atoms with E-state index < -0.39 is 18.0 Å². The molecule has 88 valence electrons. The molecule has 0 aromatic carbocycles. The van der Waals surface area contributed by atoms with Gasteiger partial charge in [0.25, 0.3) is 0 Å². The second-order valence-corrected chi connectivity index (χ2v) is 4.29. The summed E-state index contributed by atoms with van der Waals surface area (Å²) >= 11 is 0. The Bertz CT molecular complexity index is 239. The molecule has 0 fully saturated rings. The highest BCUT2D eigenvalue weighted by atomic mass is 16.4. The third-order valence-electron chi connectivity index (χ3n) is 2.04. The summed E-state index contributed by atoms with van der Waals surface area (Å²) in [6.07, 6.45) is 1.81. The first-order valence-electron chi connectivity index (χ1n) is 5.10. The fourth-order valence-corrected chi connectivity index (χ4v) is 1.29. The number of hydrogen-bond acceptors (Lipinski definition) is 2. The zero-order chi connectivity index (χ0) is 12.1. The summed E-state index contributed by atoms with van der Waals surface area (Å²) in [5, 5.41) is 13.7. The van der Waals surface area contributed by atoms with Crippen molar-refractivity contribution in [3.63, 3.8) is 0 Å². The van der Waals surface area contributed by atoms with Crippen LogP contribution in [0.5, 0.6) is 0 Å². The number of aliphatic carboxylic acids is 1. The normalized spacial score (nSPS) is 13.1. The lowest BCUT2D eigenvalue weighted by atomic mass is 9.99. The van der Waals surface area contributed by atoms with E-state index in [0.717, 1.165) is 12.8 Å². The minimum absolute atomic E-state index is 0.308. The molecule has 0 heterocycles. The predicted octanol–water partition coefficient (Wildman–Crippen LogP) is 1.34. The van der Waals surface area contributed by atoms with Gasteiger partial charge >= 0.3 is 12.0 Å². The van der Waals surface area contributed by atoms with Crippen LogP contribution < -0.4 is 10.6 Å². The highest BCUT2D eigenvalue weighted by molar-refractivity contribution is 5.82. The Morgan fingerprint density at radius 3 is 2.33 bits per heavy atom. The first-order valence-corrected chi connectivity index (χ1v) is 5.10. The molecule has 1 atom stereocenters. The minimum Gasteiger partial charge on any atom is -0.480 e. The van der Waals surface area contributed by atoms with E-state index >= 15 is 0 Å². The van der Waals surface area contributed by atoms with Crippen LogP contribution in [-0.2, 0) is 4.79 Å². The molecule has 0 aromatic heterocycles. The fourth-order valence-electron chi connectivity index (χ4n) is 1.29. The van der Waals surface area contributed by atoms with Crippen molar-refractivity contribution in [3.05, 3.63) is 0 Å². The van der Waals surface area contributed by atoms with Crippen LogP contribution in [0.3, 0.4) is 0 Å². The van der Waals surface area contributed by atoms with Crippen molar-refractivity contribution in [3.8, 4) is 0 Å². The van der Waals surface area contributed by atoms with Crippen molar-refractivity contribution in [2.75, 3.05) is 0 Å². The van der Waals surface area contributed by atoms with E-state index in [-0.39, 0.29) is 5.54 Å². The predicted molar refractivity (Wildman–Crippen MR) is 57.8 cm³/mol. The second-order valence-electron chi connectivity index (χ2n) is 4.29. The van der Waals surface area contributed by atoms with Crippen LogP contribution in [0.4, 0.5) is 4.79 Å². The van der Waals surface area contributed by atoms with Gasteiger partial charge in [-0.2, -0.15) is 0 Å². The van der Waals surface area contributed by atoms with E-state index in [4.69, 9.17) is 5.11 Å². The molecular weight excluding hydrogens is 196 g/mol. The van der Waals surface area contributed by atoms with Crippen LogP contribution in [0.15, 0.2) is 0 Å². The van der Waals surface area contributed by atoms with Crippen molar-refractivity contribution < 1.29 is 14.7 Å². The number of hydrogen-bond donors (Lipinski definition) is 3. The molecule has 0 aromatic rings. The van der Waals surface area contributed by atoms with Gasteiger partial charge in [-0.3, -0.25) is 4.79 Å². The number of urea groups is 1. The number of nitrogens with one attached hydrogen (secondary N) is 2. The Morgan fingerprint density at radius 1 is 1.40 bits per heavy atom. The summed E-state index contributed by atoms with van der Waals surface area (Å²) in [5.74, 6) is -1.04. The van der Waals surface area contributed by atoms with Crippen LogP contribution >= 0.6 is 0 Å². The van der Waals surface area contributed by atoms with Crippen molar-refractivity contribution in [2.24, 2.45) is 0 Å². The third-order valence-corrected chi connectivity index (χ3v) is 2.04. The first-order chi connectivity index (χ1) is 6.78. The zero-order valence-electron chi connectivity index (χ0n) is 9.76. The topological polar surface area (TPSA) is 78.4 Å². The highest BCUT2D eigenvalue weighted by Crippen LogP contribution is 2.10. The van der Waals surface area contributed by atoms with Gasteiger partial charge in [0.2, 0.25) is 0 Å². The van der Waals surface area contributed by atoms with Gasteiger partial charge in [-0.1, -0.05) is 13.3 Å². The van der Waals surface area contributed by atoms with Crippen LogP contribution in [0.1, 0.15) is 40.5 Å². The van der Waals surface area contributed by atoms with Gasteiger partial charge in [-0.15, -0.1) is 0 Å². The summed E-state index contributed by atoms with van der Waals surface area (Å²) in [7, 11) is 0. The summed E-state index contributed by atoms with van der Waals surface area (Å²) < 4.78 is 0. The van der Waals surface area contributed by atoms with E-state index in [1.54, 1.807) is 0 Å². The van der Waals surface area contributed by atoms with E-state index in [9.17, 15) is 9.59 Å². The highest BCUT2D eigenvalue weighted by Gasteiger charge is 2.21. The molecule has 2 amide bonds. The molecule has 0 aliphatic heterocycles. The standard InChI is InChI=1S/C10H20N2O3/c1-5-6-10(3,4)12-9(15)11-7(2)8(13)14/h7H,5-6H2,1-4H3,(H,13,14)(H2,11,12,15)/t7-/m1/s1. The number of carbonyl (C=O) groups is 2. The van der Waals surface area contributed by atoms with Crippen LogP contribution in [0.2, 0.25) is 0 Å². The van der Waals surface area contributed by atoms with Crippen molar-refractivity contribution >= 4 is 12.0 Å². The molecule has 0 bridgehead atoms. The van der Waals surface area contributed by atoms with Gasteiger partial charge in [0.15, 0.2) is 0 Å². The number of carboxylic acid groups (broad SMARTS) is 1. The molecule has 0 saturated carbocycles. The first kappa shape index (κ1) is 13.7. The van der Waals surface area contributed by atoms with Crippen LogP contribution in [0.25, 0.3) is 0 Å². The molecule has 0 unspecified atom stereocenters. The fraction of sp³-hybridized carbons (Fsp3) is 0.800. The lowest BCUT2D eigenvalue weighted by molar-refractivity contribution is -0.138. The van der Waals surface area contributed by atoms with Gasteiger partial charge in [-0.25, -0.2) is 4.79 Å². The average Bonchev–Trinajstić information content (AvgIpc) is 2.01. The van der Waals surface area contributed by atoms with Gasteiger partial charge in [-0.05, 0) is 27.2 Å². The minimum atomic E-state index is -1.04. The molecule has 3 N–H and O–H groups in total. The van der Waals surface area contributed by atoms with Crippen molar-refractivity contribution in [1.29, 1.82) is 0 Å². The second kappa shape index (κ2) is 5.58. The number of carbonyl (C=O) groups excluding carboxylic acids is 1. The summed E-state index contributed by atoms with van der Waals surface area (Å²) in [4.78, 5) is 21.8. The molecule has 15 heavy (non-hydrogen) atoms. The summed E-state index contributed by atoms with van der Waals surface area (Å²) in [6.45, 7) is 7.26. The largest absolute Gasteiger partial charge is 0.480 e. The maximum atomic E-state index is 11.4. The molecule has 0 saturated heterocycles. The molecule has 0 aliphatic rings. The van der Waals surface area contributed by atoms with Crippen molar-refractivity contribution in [1.82, 2.24) is 10.6 Å². The molecule has 0 rings (SSSR count). The van der Waals surface area contributed by atoms with E-state index in [1.165, 1.54) is 6.92 Å². The van der Waals surface area contributed by atoms with E-state index in [1.807, 2.05) is 20.8 Å². The number of amides is 2. The monoisotopic (exact) mass is 216 g/mol. The van der Waals surface area contributed by atoms with E-state index in [2.05, 4.69) is 10.6 Å². The molecule has 0 spiro atoms. The summed E-state index contributed by atoms with van der Waals surface area (Å²) in [5.41, 5.74) is -0.308. The van der Waals surface area contributed by atoms with Gasteiger partial charge < -0.3 is 15.7 Å². The van der Waals surface area contributed by atoms with Gasteiger partial charge in [0, 0.05) is 5.54 Å². The SMILES string of the molecule is CCCC(C)(C)NC(=O)N[C@H](C)C(=O)O. The Kier molecular flexibility index (Phi) is 5.11. The maximum Gasteiger partial charge on any atom is 0.325 e. The lowest BCUT2D eigenvalue weighted by Crippen LogP contribution is -2.51. The number of carboxylic acids is 1. The molecular formula is C10H20N2O3. The third kappa shape index (κ3) is 5.93. The van der Waals surface area contributed by atoms with E-state index in [0.29, 0.717) is 0 Å². The van der Waals surface area contributed by atoms with Gasteiger partial charge in [0.1, 0.15) is 6.04 Å². The molecule has 0 aliphatic carbocycles. The number of rotatable bonds is 5. The maximum absolute atomic E-state index is 11.4. The Hall–Kier alpha value is -1.26. The Morgan fingerprint density at radius 2 is 1.93 bits per heavy atom. The Labute approximate surface area is 90.2 Å².